The van der Waals surface area contributed by atoms with Crippen LogP contribution in [0.3, 0.4) is 0 Å². The third-order valence-corrected chi connectivity index (χ3v) is 3.74. The highest BCUT2D eigenvalue weighted by atomic mass is 32.1. The number of carbonyl (C=O) groups is 1. The molecule has 0 spiro atoms. The quantitative estimate of drug-likeness (QED) is 0.618. The van der Waals surface area contributed by atoms with Crippen molar-refractivity contribution in [1.29, 1.82) is 0 Å². The van der Waals surface area contributed by atoms with Gasteiger partial charge in [-0.05, 0) is 18.2 Å². The molecule has 0 aliphatic carbocycles. The molecule has 0 aliphatic rings. The van der Waals surface area contributed by atoms with Crippen molar-refractivity contribution in [2.24, 2.45) is 0 Å². The van der Waals surface area contributed by atoms with Crippen molar-refractivity contribution in [2.45, 2.75) is 0 Å². The van der Waals surface area contributed by atoms with Gasteiger partial charge in [-0.2, -0.15) is 8.75 Å². The molecule has 4 aromatic rings. The van der Waals surface area contributed by atoms with Gasteiger partial charge in [0.15, 0.2) is 0 Å². The van der Waals surface area contributed by atoms with E-state index in [4.69, 9.17) is 0 Å². The summed E-state index contributed by atoms with van der Waals surface area (Å²) in [7, 11) is 0. The van der Waals surface area contributed by atoms with E-state index < -0.39 is 0 Å². The lowest BCUT2D eigenvalue weighted by molar-refractivity contribution is 0.102. The molecule has 23 heavy (non-hydrogen) atoms. The molecule has 1 aromatic carbocycles. The van der Waals surface area contributed by atoms with Crippen molar-refractivity contribution >= 4 is 34.5 Å². The van der Waals surface area contributed by atoms with Gasteiger partial charge in [-0.1, -0.05) is 0 Å². The predicted octanol–water partition coefficient (Wildman–Crippen LogP) is 1.92. The molecule has 0 radical (unpaired) electrons. The fourth-order valence-corrected chi connectivity index (χ4v) is 2.58. The van der Waals surface area contributed by atoms with Crippen LogP contribution in [0.15, 0.2) is 49.3 Å². The fraction of sp³-hybridized carbons (Fsp3) is 0. The van der Waals surface area contributed by atoms with Gasteiger partial charge < -0.3 is 5.32 Å². The van der Waals surface area contributed by atoms with Gasteiger partial charge in [0.25, 0.3) is 5.91 Å². The number of imidazole rings is 1. The van der Waals surface area contributed by atoms with Crippen molar-refractivity contribution < 1.29 is 4.79 Å². The van der Waals surface area contributed by atoms with Crippen molar-refractivity contribution in [2.75, 3.05) is 5.32 Å². The summed E-state index contributed by atoms with van der Waals surface area (Å²) in [5, 5.41) is 2.75. The number of nitrogens with zero attached hydrogens (tertiary/aromatic N) is 6. The van der Waals surface area contributed by atoms with Crippen molar-refractivity contribution in [1.82, 2.24) is 28.3 Å². The monoisotopic (exact) mass is 323 g/mol. The van der Waals surface area contributed by atoms with Gasteiger partial charge in [-0.25, -0.2) is 15.0 Å². The number of anilines is 1. The zero-order valence-electron chi connectivity index (χ0n) is 11.6. The van der Waals surface area contributed by atoms with E-state index >= 15 is 0 Å². The summed E-state index contributed by atoms with van der Waals surface area (Å²) in [6.07, 6.45) is 6.42. The Balaban J connectivity index is 1.59. The van der Waals surface area contributed by atoms with Gasteiger partial charge in [-0.3, -0.25) is 9.36 Å². The molecule has 112 valence electrons. The van der Waals surface area contributed by atoms with E-state index in [2.05, 4.69) is 29.0 Å². The van der Waals surface area contributed by atoms with Crippen LogP contribution in [0.25, 0.3) is 16.9 Å². The number of aromatic nitrogens is 6. The molecule has 0 saturated heterocycles. The van der Waals surface area contributed by atoms with Crippen LogP contribution in [0.4, 0.5) is 5.82 Å². The molecule has 1 N–H and O–H groups in total. The van der Waals surface area contributed by atoms with E-state index in [1.54, 1.807) is 47.6 Å². The molecule has 8 nitrogen and oxygen atoms in total. The summed E-state index contributed by atoms with van der Waals surface area (Å²) in [5.41, 5.74) is 1.97. The van der Waals surface area contributed by atoms with E-state index in [9.17, 15) is 4.79 Å². The molecular weight excluding hydrogens is 314 g/mol. The Bertz CT molecular complexity index is 980. The number of amides is 1. The summed E-state index contributed by atoms with van der Waals surface area (Å²) in [5.74, 6) is 0.757. The SMILES string of the molecule is O=C(Nc1cc(-n2ccnc2)ncn1)c1ccc2nsnc2c1. The number of carbonyl (C=O) groups excluding carboxylic acids is 1. The first kappa shape index (κ1) is 13.5. The lowest BCUT2D eigenvalue weighted by Crippen LogP contribution is -2.13. The average molecular weight is 323 g/mol. The second kappa shape index (κ2) is 5.54. The Morgan fingerprint density at radius 2 is 2.04 bits per heavy atom. The van der Waals surface area contributed by atoms with Crippen LogP contribution in [0.5, 0.6) is 0 Å². The zero-order valence-corrected chi connectivity index (χ0v) is 12.4. The van der Waals surface area contributed by atoms with Crippen molar-refractivity contribution in [3.05, 3.63) is 54.9 Å². The Hall–Kier alpha value is -3.20. The van der Waals surface area contributed by atoms with E-state index in [-0.39, 0.29) is 5.91 Å². The van der Waals surface area contributed by atoms with E-state index in [0.717, 1.165) is 17.2 Å². The number of rotatable bonds is 3. The van der Waals surface area contributed by atoms with Crippen molar-refractivity contribution in [3.8, 4) is 5.82 Å². The molecule has 3 aromatic heterocycles. The van der Waals surface area contributed by atoms with Crippen LogP contribution in [-0.2, 0) is 0 Å². The first-order valence-corrected chi connectivity index (χ1v) is 7.37. The van der Waals surface area contributed by atoms with Crippen LogP contribution in [0.2, 0.25) is 0 Å². The van der Waals surface area contributed by atoms with Crippen LogP contribution >= 0.6 is 11.7 Å². The number of nitrogens with one attached hydrogen (secondary N) is 1. The Labute approximate surface area is 134 Å². The topological polar surface area (TPSA) is 98.5 Å². The number of hydrogen-bond donors (Lipinski definition) is 1. The van der Waals surface area contributed by atoms with E-state index in [1.165, 1.54) is 6.33 Å². The lowest BCUT2D eigenvalue weighted by Gasteiger charge is -2.06. The maximum atomic E-state index is 12.3. The normalized spacial score (nSPS) is 10.8. The second-order valence-corrected chi connectivity index (χ2v) is 5.18. The van der Waals surface area contributed by atoms with Crippen LogP contribution in [0.1, 0.15) is 10.4 Å². The molecule has 0 fully saturated rings. The van der Waals surface area contributed by atoms with Gasteiger partial charge in [0.2, 0.25) is 0 Å². The first-order chi connectivity index (χ1) is 11.3. The zero-order chi connectivity index (χ0) is 15.6. The minimum atomic E-state index is -0.268. The summed E-state index contributed by atoms with van der Waals surface area (Å²) in [4.78, 5) is 24.5. The average Bonchev–Trinajstić information content (AvgIpc) is 3.26. The molecule has 4 rings (SSSR count). The van der Waals surface area contributed by atoms with Gasteiger partial charge in [0.1, 0.15) is 35.3 Å². The molecule has 1 amide bonds. The maximum Gasteiger partial charge on any atom is 0.256 e. The highest BCUT2D eigenvalue weighted by Crippen LogP contribution is 2.15. The Morgan fingerprint density at radius 1 is 1.13 bits per heavy atom. The molecule has 0 bridgehead atoms. The smallest absolute Gasteiger partial charge is 0.256 e. The minimum Gasteiger partial charge on any atom is -0.306 e. The number of hydrogen-bond acceptors (Lipinski definition) is 7. The molecule has 0 aliphatic heterocycles. The van der Waals surface area contributed by atoms with Crippen LogP contribution < -0.4 is 5.32 Å². The highest BCUT2D eigenvalue weighted by Gasteiger charge is 2.10. The largest absolute Gasteiger partial charge is 0.306 e. The predicted molar refractivity (Wildman–Crippen MR) is 84.5 cm³/mol. The van der Waals surface area contributed by atoms with E-state index in [1.807, 2.05) is 0 Å². The number of benzene rings is 1. The minimum absolute atomic E-state index is 0.268. The fourth-order valence-electron chi connectivity index (χ4n) is 2.06. The molecule has 0 unspecified atom stereocenters. The second-order valence-electron chi connectivity index (χ2n) is 4.65. The Morgan fingerprint density at radius 3 is 2.91 bits per heavy atom. The lowest BCUT2D eigenvalue weighted by atomic mass is 10.2. The molecule has 0 atom stereocenters. The molecule has 3 heterocycles. The maximum absolute atomic E-state index is 12.3. The first-order valence-electron chi connectivity index (χ1n) is 6.64. The van der Waals surface area contributed by atoms with E-state index in [0.29, 0.717) is 22.7 Å². The Kier molecular flexibility index (Phi) is 3.24. The number of fused-ring (bicyclic) bond motifs is 1. The molecule has 0 saturated carbocycles. The summed E-state index contributed by atoms with van der Waals surface area (Å²) >= 11 is 1.12. The van der Waals surface area contributed by atoms with Crippen molar-refractivity contribution in [3.63, 3.8) is 0 Å². The standard InChI is InChI=1S/C14H9N7OS/c22-14(9-1-2-10-11(5-9)20-23-19-10)18-12-6-13(17-7-16-12)21-4-3-15-8-21/h1-8H,(H,16,17,18,22). The van der Waals surface area contributed by atoms with Gasteiger partial charge in [-0.15, -0.1) is 0 Å². The molecular formula is C14H9N7OS. The van der Waals surface area contributed by atoms with Crippen LogP contribution in [0, 0.1) is 0 Å². The summed E-state index contributed by atoms with van der Waals surface area (Å²) < 4.78 is 9.97. The highest BCUT2D eigenvalue weighted by molar-refractivity contribution is 7.00. The van der Waals surface area contributed by atoms with Crippen LogP contribution in [-0.4, -0.2) is 34.2 Å². The van der Waals surface area contributed by atoms with Gasteiger partial charge in [0.05, 0.1) is 11.7 Å². The third kappa shape index (κ3) is 2.64. The van der Waals surface area contributed by atoms with Gasteiger partial charge >= 0.3 is 0 Å². The molecule has 9 heteroatoms. The van der Waals surface area contributed by atoms with Gasteiger partial charge in [0, 0.05) is 24.0 Å². The summed E-state index contributed by atoms with van der Waals surface area (Å²) in [6, 6.07) is 6.84. The third-order valence-electron chi connectivity index (χ3n) is 3.18. The summed E-state index contributed by atoms with van der Waals surface area (Å²) in [6.45, 7) is 0.